The molecule has 2 unspecified atom stereocenters. The Hall–Kier alpha value is -1.86. The molecule has 0 saturated carbocycles. The van der Waals surface area contributed by atoms with E-state index < -0.39 is 0 Å². The second-order valence-corrected chi connectivity index (χ2v) is 5.33. The highest BCUT2D eigenvalue weighted by Gasteiger charge is 2.25. The maximum absolute atomic E-state index is 12.1. The van der Waals surface area contributed by atoms with Gasteiger partial charge in [0.2, 0.25) is 5.91 Å². The van der Waals surface area contributed by atoms with Crippen LogP contribution in [0, 0.1) is 17.2 Å². The minimum absolute atomic E-state index is 0.0629. The average molecular weight is 271 g/mol. The van der Waals surface area contributed by atoms with Crippen molar-refractivity contribution in [3.63, 3.8) is 0 Å². The molecule has 0 aliphatic carbocycles. The minimum Gasteiger partial charge on any atom is -0.351 e. The molecule has 2 N–H and O–H groups in total. The van der Waals surface area contributed by atoms with Crippen molar-refractivity contribution in [3.05, 3.63) is 35.4 Å². The summed E-state index contributed by atoms with van der Waals surface area (Å²) in [4.78, 5) is 12.1. The Bertz CT molecular complexity index is 489. The van der Waals surface area contributed by atoms with Gasteiger partial charge in [-0.25, -0.2) is 0 Å². The molecule has 1 amide bonds. The first kappa shape index (κ1) is 14.5. The maximum Gasteiger partial charge on any atom is 0.237 e. The lowest BCUT2D eigenvalue weighted by molar-refractivity contribution is -0.124. The summed E-state index contributed by atoms with van der Waals surface area (Å²) in [5.74, 6) is 0.731. The summed E-state index contributed by atoms with van der Waals surface area (Å²) < 4.78 is 0. The fourth-order valence-electron chi connectivity index (χ4n) is 2.58. The molecule has 2 atom stereocenters. The highest BCUT2D eigenvalue weighted by Crippen LogP contribution is 2.19. The predicted octanol–water partition coefficient (Wildman–Crippen LogP) is 1.95. The van der Waals surface area contributed by atoms with Gasteiger partial charge >= 0.3 is 0 Å². The van der Waals surface area contributed by atoms with E-state index in [4.69, 9.17) is 5.26 Å². The Morgan fingerprint density at radius 1 is 1.45 bits per heavy atom. The summed E-state index contributed by atoms with van der Waals surface area (Å²) >= 11 is 0. The summed E-state index contributed by atoms with van der Waals surface area (Å²) in [7, 11) is 0. The van der Waals surface area contributed by atoms with E-state index in [0.717, 1.165) is 31.4 Å². The summed E-state index contributed by atoms with van der Waals surface area (Å²) in [5, 5.41) is 15.0. The molecule has 0 spiro atoms. The van der Waals surface area contributed by atoms with Crippen molar-refractivity contribution in [1.82, 2.24) is 10.6 Å². The van der Waals surface area contributed by atoms with Crippen LogP contribution in [0.15, 0.2) is 24.3 Å². The highest BCUT2D eigenvalue weighted by molar-refractivity contribution is 5.81. The van der Waals surface area contributed by atoms with Gasteiger partial charge in [0.05, 0.1) is 17.7 Å². The third-order valence-corrected chi connectivity index (χ3v) is 3.96. The lowest BCUT2D eigenvalue weighted by Crippen LogP contribution is -2.48. The molecule has 1 fully saturated rings. The molecule has 1 saturated heterocycles. The van der Waals surface area contributed by atoms with Crippen molar-refractivity contribution in [3.8, 4) is 6.07 Å². The first-order chi connectivity index (χ1) is 9.72. The summed E-state index contributed by atoms with van der Waals surface area (Å²) in [6.45, 7) is 3.62. The number of nitriles is 1. The number of carbonyl (C=O) groups is 1. The molecule has 1 heterocycles. The number of nitrogens with one attached hydrogen (secondary N) is 2. The van der Waals surface area contributed by atoms with E-state index in [-0.39, 0.29) is 11.9 Å². The maximum atomic E-state index is 12.1. The van der Waals surface area contributed by atoms with Crippen LogP contribution < -0.4 is 10.6 Å². The van der Waals surface area contributed by atoms with Gasteiger partial charge in [-0.1, -0.05) is 25.5 Å². The zero-order valence-electron chi connectivity index (χ0n) is 11.9. The standard InChI is InChI=1S/C16H21N3O/c1-2-12-7-8-18-15(9-12)16(20)19-11-14-5-3-13(10-17)4-6-14/h3-6,12,15,18H,2,7-9,11H2,1H3,(H,19,20). The Morgan fingerprint density at radius 3 is 2.85 bits per heavy atom. The Kier molecular flexibility index (Phi) is 5.14. The lowest BCUT2D eigenvalue weighted by atomic mass is 9.90. The molecule has 20 heavy (non-hydrogen) atoms. The van der Waals surface area contributed by atoms with Gasteiger partial charge in [0.1, 0.15) is 0 Å². The Labute approximate surface area is 120 Å². The van der Waals surface area contributed by atoms with Crippen LogP contribution in [0.4, 0.5) is 0 Å². The van der Waals surface area contributed by atoms with Crippen LogP contribution >= 0.6 is 0 Å². The summed E-state index contributed by atoms with van der Waals surface area (Å²) in [5.41, 5.74) is 1.65. The molecule has 2 rings (SSSR count). The first-order valence-corrected chi connectivity index (χ1v) is 7.23. The van der Waals surface area contributed by atoms with E-state index in [9.17, 15) is 4.79 Å². The number of benzene rings is 1. The number of carbonyl (C=O) groups excluding carboxylic acids is 1. The lowest BCUT2D eigenvalue weighted by Gasteiger charge is -2.28. The summed E-state index contributed by atoms with van der Waals surface area (Å²) in [6.07, 6.45) is 3.23. The molecule has 0 radical (unpaired) electrons. The van der Waals surface area contributed by atoms with Gasteiger partial charge in [-0.2, -0.15) is 5.26 Å². The zero-order chi connectivity index (χ0) is 14.4. The van der Waals surface area contributed by atoms with Crippen LogP contribution in [-0.4, -0.2) is 18.5 Å². The molecule has 1 aromatic rings. The van der Waals surface area contributed by atoms with Crippen molar-refractivity contribution in [1.29, 1.82) is 5.26 Å². The molecule has 4 nitrogen and oxygen atoms in total. The molecule has 4 heteroatoms. The number of nitrogens with zero attached hydrogens (tertiary/aromatic N) is 1. The van der Waals surface area contributed by atoms with Gasteiger partial charge in [-0.3, -0.25) is 4.79 Å². The monoisotopic (exact) mass is 271 g/mol. The molecule has 106 valence electrons. The summed E-state index contributed by atoms with van der Waals surface area (Å²) in [6, 6.07) is 9.32. The first-order valence-electron chi connectivity index (χ1n) is 7.23. The topological polar surface area (TPSA) is 64.9 Å². The highest BCUT2D eigenvalue weighted by atomic mass is 16.2. The average Bonchev–Trinajstić information content (AvgIpc) is 2.53. The van der Waals surface area contributed by atoms with Crippen LogP contribution in [0.25, 0.3) is 0 Å². The van der Waals surface area contributed by atoms with Crippen molar-refractivity contribution in [2.45, 2.75) is 38.8 Å². The van der Waals surface area contributed by atoms with E-state index in [1.165, 1.54) is 0 Å². The van der Waals surface area contributed by atoms with E-state index in [0.29, 0.717) is 18.0 Å². The van der Waals surface area contributed by atoms with Gasteiger partial charge in [0.15, 0.2) is 0 Å². The van der Waals surface area contributed by atoms with Crippen molar-refractivity contribution in [2.24, 2.45) is 5.92 Å². The predicted molar refractivity (Wildman–Crippen MR) is 77.8 cm³/mol. The van der Waals surface area contributed by atoms with Crippen LogP contribution in [0.2, 0.25) is 0 Å². The molecular weight excluding hydrogens is 250 g/mol. The molecular formula is C16H21N3O. The van der Waals surface area contributed by atoms with Crippen molar-refractivity contribution in [2.75, 3.05) is 6.54 Å². The fraction of sp³-hybridized carbons (Fsp3) is 0.500. The Morgan fingerprint density at radius 2 is 2.20 bits per heavy atom. The fourth-order valence-corrected chi connectivity index (χ4v) is 2.58. The second-order valence-electron chi connectivity index (χ2n) is 5.33. The van der Waals surface area contributed by atoms with E-state index in [1.54, 1.807) is 12.1 Å². The number of rotatable bonds is 4. The zero-order valence-corrected chi connectivity index (χ0v) is 11.9. The number of hydrogen-bond donors (Lipinski definition) is 2. The minimum atomic E-state index is -0.0629. The number of amides is 1. The van der Waals surface area contributed by atoms with Gasteiger partial charge in [-0.05, 0) is 43.0 Å². The SMILES string of the molecule is CCC1CCNC(C(=O)NCc2ccc(C#N)cc2)C1. The van der Waals surface area contributed by atoms with Crippen molar-refractivity contribution >= 4 is 5.91 Å². The molecule has 1 aliphatic heterocycles. The quantitative estimate of drug-likeness (QED) is 0.879. The molecule has 0 aromatic heterocycles. The van der Waals surface area contributed by atoms with Gasteiger partial charge in [0.25, 0.3) is 0 Å². The van der Waals surface area contributed by atoms with Crippen LogP contribution in [-0.2, 0) is 11.3 Å². The van der Waals surface area contributed by atoms with Crippen molar-refractivity contribution < 1.29 is 4.79 Å². The molecule has 1 aromatic carbocycles. The largest absolute Gasteiger partial charge is 0.351 e. The van der Waals surface area contributed by atoms with E-state index >= 15 is 0 Å². The number of hydrogen-bond acceptors (Lipinski definition) is 3. The second kappa shape index (κ2) is 7.06. The molecule has 0 bridgehead atoms. The van der Waals surface area contributed by atoms with E-state index in [2.05, 4.69) is 23.6 Å². The molecule has 1 aliphatic rings. The van der Waals surface area contributed by atoms with Gasteiger partial charge in [0, 0.05) is 6.54 Å². The number of piperidine rings is 1. The van der Waals surface area contributed by atoms with Gasteiger partial charge < -0.3 is 10.6 Å². The Balaban J connectivity index is 1.83. The third kappa shape index (κ3) is 3.82. The van der Waals surface area contributed by atoms with Gasteiger partial charge in [-0.15, -0.1) is 0 Å². The van der Waals surface area contributed by atoms with E-state index in [1.807, 2.05) is 12.1 Å². The van der Waals surface area contributed by atoms with Crippen LogP contribution in [0.1, 0.15) is 37.3 Å². The van der Waals surface area contributed by atoms with Crippen LogP contribution in [0.5, 0.6) is 0 Å². The smallest absolute Gasteiger partial charge is 0.237 e. The normalized spacial score (nSPS) is 22.0. The van der Waals surface area contributed by atoms with Crippen LogP contribution in [0.3, 0.4) is 0 Å². The third-order valence-electron chi connectivity index (χ3n) is 3.96.